The average Bonchev–Trinajstić information content (AvgIpc) is 2.75. The molecule has 2 atom stereocenters. The lowest BCUT2D eigenvalue weighted by molar-refractivity contribution is -0.0757. The number of hydrogen-bond acceptors (Lipinski definition) is 6. The van der Waals surface area contributed by atoms with E-state index in [1.807, 2.05) is 50.2 Å². The molecule has 0 saturated carbocycles. The van der Waals surface area contributed by atoms with Crippen LogP contribution in [-0.4, -0.2) is 72.2 Å². The maximum Gasteiger partial charge on any atom is 0.129 e. The molecule has 30 heavy (non-hydrogen) atoms. The summed E-state index contributed by atoms with van der Waals surface area (Å²) >= 11 is 0. The normalized spacial score (nSPS) is 25.8. The SMILES string of the molecule is Cc1cc(N2CC[C@](O)(c3ccccc3)[C@H](N3CCN(C)CC3)C2)nc(C)c1C#N. The molecule has 1 aromatic carbocycles. The number of aromatic nitrogens is 1. The number of piperidine rings is 1. The lowest BCUT2D eigenvalue weighted by atomic mass is 9.79. The molecular formula is C24H31N5O. The number of benzene rings is 1. The Bertz CT molecular complexity index is 909. The van der Waals surface area contributed by atoms with Crippen LogP contribution in [0, 0.1) is 25.2 Å². The largest absolute Gasteiger partial charge is 0.383 e. The van der Waals surface area contributed by atoms with Crippen molar-refractivity contribution in [3.8, 4) is 6.07 Å². The third-order valence-corrected chi connectivity index (χ3v) is 6.78. The van der Waals surface area contributed by atoms with Crippen LogP contribution in [0.2, 0.25) is 0 Å². The van der Waals surface area contributed by atoms with Crippen molar-refractivity contribution in [2.45, 2.75) is 31.9 Å². The Labute approximate surface area is 179 Å². The molecule has 0 unspecified atom stereocenters. The van der Waals surface area contributed by atoms with Crippen LogP contribution in [-0.2, 0) is 5.60 Å². The van der Waals surface area contributed by atoms with Gasteiger partial charge in [0.25, 0.3) is 0 Å². The summed E-state index contributed by atoms with van der Waals surface area (Å²) < 4.78 is 0. The van der Waals surface area contributed by atoms with Gasteiger partial charge in [0, 0.05) is 39.3 Å². The predicted octanol–water partition coefficient (Wildman–Crippen LogP) is 2.28. The molecule has 6 nitrogen and oxygen atoms in total. The second-order valence-electron chi connectivity index (χ2n) is 8.71. The summed E-state index contributed by atoms with van der Waals surface area (Å²) in [6.45, 7) is 9.23. The zero-order chi connectivity index (χ0) is 21.3. The van der Waals surface area contributed by atoms with Crippen molar-refractivity contribution in [2.24, 2.45) is 0 Å². The van der Waals surface area contributed by atoms with Crippen molar-refractivity contribution in [1.82, 2.24) is 14.8 Å². The van der Waals surface area contributed by atoms with Gasteiger partial charge in [-0.2, -0.15) is 5.26 Å². The molecule has 2 aliphatic rings. The summed E-state index contributed by atoms with van der Waals surface area (Å²) in [6, 6.07) is 14.4. The van der Waals surface area contributed by atoms with E-state index < -0.39 is 5.60 Å². The molecule has 0 aliphatic carbocycles. The number of hydrogen-bond donors (Lipinski definition) is 1. The molecule has 0 bridgehead atoms. The first-order chi connectivity index (χ1) is 14.4. The number of rotatable bonds is 3. The molecule has 2 saturated heterocycles. The van der Waals surface area contributed by atoms with Crippen LogP contribution in [0.25, 0.3) is 0 Å². The van der Waals surface area contributed by atoms with E-state index in [9.17, 15) is 10.4 Å². The molecule has 4 rings (SSSR count). The van der Waals surface area contributed by atoms with Crippen molar-refractivity contribution < 1.29 is 5.11 Å². The first kappa shape index (κ1) is 20.8. The van der Waals surface area contributed by atoms with Crippen LogP contribution >= 0.6 is 0 Å². The zero-order valence-electron chi connectivity index (χ0n) is 18.2. The van der Waals surface area contributed by atoms with Gasteiger partial charge in [-0.3, -0.25) is 4.90 Å². The third kappa shape index (κ3) is 3.81. The fourth-order valence-electron chi connectivity index (χ4n) is 4.89. The van der Waals surface area contributed by atoms with Gasteiger partial charge >= 0.3 is 0 Å². The quantitative estimate of drug-likeness (QED) is 0.845. The highest BCUT2D eigenvalue weighted by atomic mass is 16.3. The van der Waals surface area contributed by atoms with Crippen molar-refractivity contribution in [3.05, 3.63) is 58.8 Å². The molecule has 3 heterocycles. The van der Waals surface area contributed by atoms with Crippen LogP contribution < -0.4 is 4.90 Å². The van der Waals surface area contributed by atoms with E-state index in [-0.39, 0.29) is 6.04 Å². The van der Waals surface area contributed by atoms with Crippen LogP contribution in [0.1, 0.15) is 28.8 Å². The second-order valence-corrected chi connectivity index (χ2v) is 8.71. The van der Waals surface area contributed by atoms with Crippen LogP contribution in [0.4, 0.5) is 5.82 Å². The summed E-state index contributed by atoms with van der Waals surface area (Å²) in [4.78, 5) is 11.8. The fraction of sp³-hybridized carbons (Fsp3) is 0.500. The Morgan fingerprint density at radius 3 is 2.43 bits per heavy atom. The molecule has 1 N–H and O–H groups in total. The van der Waals surface area contributed by atoms with Gasteiger partial charge in [-0.15, -0.1) is 0 Å². The topological polar surface area (TPSA) is 66.6 Å². The average molecular weight is 406 g/mol. The van der Waals surface area contributed by atoms with E-state index in [1.165, 1.54) is 0 Å². The Morgan fingerprint density at radius 1 is 1.10 bits per heavy atom. The molecule has 6 heteroatoms. The molecule has 0 spiro atoms. The molecule has 2 aliphatic heterocycles. The van der Waals surface area contributed by atoms with E-state index in [1.54, 1.807) is 0 Å². The first-order valence-electron chi connectivity index (χ1n) is 10.8. The molecule has 0 amide bonds. The van der Waals surface area contributed by atoms with Gasteiger partial charge < -0.3 is 14.9 Å². The highest BCUT2D eigenvalue weighted by molar-refractivity contribution is 5.51. The number of aliphatic hydroxyl groups is 1. The first-order valence-corrected chi connectivity index (χ1v) is 10.8. The minimum atomic E-state index is -0.885. The molecule has 2 aromatic rings. The van der Waals surface area contributed by atoms with E-state index in [2.05, 4.69) is 27.8 Å². The summed E-state index contributed by atoms with van der Waals surface area (Å²) in [5.74, 6) is 0.901. The van der Waals surface area contributed by atoms with Gasteiger partial charge in [-0.05, 0) is 44.5 Å². The molecular weight excluding hydrogens is 374 g/mol. The molecule has 1 aromatic heterocycles. The lowest BCUT2D eigenvalue weighted by Crippen LogP contribution is -2.64. The summed E-state index contributed by atoms with van der Waals surface area (Å²) in [6.07, 6.45) is 0.647. The van der Waals surface area contributed by atoms with E-state index in [0.29, 0.717) is 18.5 Å². The standard InChI is InChI=1S/C24H31N5O/c1-18-15-23(26-19(2)21(18)16-25)29-10-9-24(30,20-7-5-4-6-8-20)22(17-29)28-13-11-27(3)12-14-28/h4-8,15,22,30H,9-14,17H2,1-3H3/t22-,24+/m1/s1. The third-order valence-electron chi connectivity index (χ3n) is 6.78. The smallest absolute Gasteiger partial charge is 0.129 e. The number of piperazine rings is 1. The second kappa shape index (κ2) is 8.35. The number of pyridine rings is 1. The fourth-order valence-corrected chi connectivity index (χ4v) is 4.89. The summed E-state index contributed by atoms with van der Waals surface area (Å²) in [5.41, 5.74) is 2.50. The van der Waals surface area contributed by atoms with E-state index in [4.69, 9.17) is 4.98 Å². The van der Waals surface area contributed by atoms with Crippen LogP contribution in [0.15, 0.2) is 36.4 Å². The van der Waals surface area contributed by atoms with Gasteiger partial charge in [-0.1, -0.05) is 30.3 Å². The highest BCUT2D eigenvalue weighted by Crippen LogP contribution is 2.38. The number of nitriles is 1. The number of anilines is 1. The predicted molar refractivity (Wildman–Crippen MR) is 118 cm³/mol. The highest BCUT2D eigenvalue weighted by Gasteiger charge is 2.46. The Balaban J connectivity index is 1.67. The van der Waals surface area contributed by atoms with E-state index >= 15 is 0 Å². The van der Waals surface area contributed by atoms with Gasteiger partial charge in [0.2, 0.25) is 0 Å². The van der Waals surface area contributed by atoms with Gasteiger partial charge in [0.15, 0.2) is 0 Å². The molecule has 158 valence electrons. The molecule has 2 fully saturated rings. The Morgan fingerprint density at radius 2 is 1.80 bits per heavy atom. The van der Waals surface area contributed by atoms with Crippen LogP contribution in [0.5, 0.6) is 0 Å². The maximum absolute atomic E-state index is 11.9. The van der Waals surface area contributed by atoms with Crippen LogP contribution in [0.3, 0.4) is 0 Å². The van der Waals surface area contributed by atoms with Gasteiger partial charge in [0.05, 0.1) is 17.3 Å². The maximum atomic E-state index is 11.9. The summed E-state index contributed by atoms with van der Waals surface area (Å²) in [7, 11) is 2.15. The Kier molecular flexibility index (Phi) is 5.79. The molecule has 0 radical (unpaired) electrons. The van der Waals surface area contributed by atoms with E-state index in [0.717, 1.165) is 55.4 Å². The number of nitrogens with zero attached hydrogens (tertiary/aromatic N) is 5. The minimum absolute atomic E-state index is 0.0135. The number of aryl methyl sites for hydroxylation is 2. The van der Waals surface area contributed by atoms with Gasteiger partial charge in [-0.25, -0.2) is 4.98 Å². The lowest BCUT2D eigenvalue weighted by Gasteiger charge is -2.51. The van der Waals surface area contributed by atoms with Crippen molar-refractivity contribution in [2.75, 3.05) is 51.2 Å². The minimum Gasteiger partial charge on any atom is -0.383 e. The van der Waals surface area contributed by atoms with Crippen molar-refractivity contribution >= 4 is 5.82 Å². The van der Waals surface area contributed by atoms with Crippen molar-refractivity contribution in [3.63, 3.8) is 0 Å². The van der Waals surface area contributed by atoms with Crippen molar-refractivity contribution in [1.29, 1.82) is 5.26 Å². The van der Waals surface area contributed by atoms with Gasteiger partial charge in [0.1, 0.15) is 17.5 Å². The Hall–Kier alpha value is -2.46. The monoisotopic (exact) mass is 405 g/mol. The summed E-state index contributed by atoms with van der Waals surface area (Å²) in [5, 5.41) is 21.3. The number of likely N-dealkylation sites (N-methyl/N-ethyl adjacent to an activating group) is 1. The zero-order valence-corrected chi connectivity index (χ0v) is 18.2.